The van der Waals surface area contributed by atoms with Crippen molar-refractivity contribution in [3.8, 4) is 0 Å². The first-order valence-corrected chi connectivity index (χ1v) is 2.24. The Morgan fingerprint density at radius 1 is 1.71 bits per heavy atom. The summed E-state index contributed by atoms with van der Waals surface area (Å²) in [6.45, 7) is 3.90. The zero-order valence-corrected chi connectivity index (χ0v) is 5.12. The summed E-state index contributed by atoms with van der Waals surface area (Å²) in [6, 6.07) is 0. The third-order valence-electron chi connectivity index (χ3n) is 0.902. The highest BCUT2D eigenvalue weighted by Crippen LogP contribution is 1.89. The van der Waals surface area contributed by atoms with E-state index < -0.39 is 0 Å². The van der Waals surface area contributed by atoms with Crippen molar-refractivity contribution in [1.29, 1.82) is 0 Å². The molecule has 2 nitrogen and oxygen atoms in total. The fourth-order valence-electron chi connectivity index (χ4n) is 0.557. The molecule has 0 saturated carbocycles. The number of rotatable bonds is 0. The molecule has 0 aromatic rings. The molecule has 1 heterocycles. The molecule has 1 atom stereocenters. The highest BCUT2D eigenvalue weighted by Gasteiger charge is 2.05. The van der Waals surface area contributed by atoms with Gasteiger partial charge in [-0.1, -0.05) is 0 Å². The highest BCUT2D eigenvalue weighted by molar-refractivity contribution is 5.85. The first-order valence-electron chi connectivity index (χ1n) is 2.24. The van der Waals surface area contributed by atoms with Crippen molar-refractivity contribution < 1.29 is 4.74 Å². The smallest absolute Gasteiger partial charge is 0.105 e. The Labute approximate surface area is 49.6 Å². The quantitative estimate of drug-likeness (QED) is 0.503. The second kappa shape index (κ2) is 3.24. The molecular weight excluding hydrogens is 114 g/mol. The number of ether oxygens (including phenoxy) is 1. The van der Waals surface area contributed by atoms with Crippen molar-refractivity contribution >= 4 is 12.4 Å². The molecule has 1 aliphatic rings. The van der Waals surface area contributed by atoms with Crippen LogP contribution in [0.4, 0.5) is 0 Å². The molecule has 1 rings (SSSR count). The van der Waals surface area contributed by atoms with Gasteiger partial charge in [-0.25, -0.2) is 0 Å². The lowest BCUT2D eigenvalue weighted by atomic mass is 10.7. The molecule has 1 N–H and O–H groups in total. The molecule has 0 amide bonds. The van der Waals surface area contributed by atoms with Gasteiger partial charge in [0.15, 0.2) is 0 Å². The SMILES string of the molecule is CC1NCCO1.Cl. The van der Waals surface area contributed by atoms with Crippen LogP contribution in [-0.2, 0) is 4.74 Å². The van der Waals surface area contributed by atoms with E-state index in [4.69, 9.17) is 4.74 Å². The summed E-state index contributed by atoms with van der Waals surface area (Å²) >= 11 is 0. The molecule has 0 bridgehead atoms. The number of hydrogen-bond donors (Lipinski definition) is 1. The molecule has 0 aromatic carbocycles. The van der Waals surface area contributed by atoms with Crippen LogP contribution in [0.15, 0.2) is 0 Å². The van der Waals surface area contributed by atoms with Crippen LogP contribution in [0.25, 0.3) is 0 Å². The standard InChI is InChI=1S/C4H9NO.ClH/c1-4-5-2-3-6-4;/h4-5H,2-3H2,1H3;1H. The van der Waals surface area contributed by atoms with E-state index in [0.29, 0.717) is 6.23 Å². The summed E-state index contributed by atoms with van der Waals surface area (Å²) in [5.41, 5.74) is 0. The molecule has 3 heteroatoms. The van der Waals surface area contributed by atoms with Gasteiger partial charge >= 0.3 is 0 Å². The Bertz CT molecular complexity index is 45.0. The monoisotopic (exact) mass is 123 g/mol. The summed E-state index contributed by atoms with van der Waals surface area (Å²) in [4.78, 5) is 0. The number of nitrogens with one attached hydrogen (secondary N) is 1. The van der Waals surface area contributed by atoms with Gasteiger partial charge in [-0.3, -0.25) is 5.32 Å². The second-order valence-electron chi connectivity index (χ2n) is 1.47. The summed E-state index contributed by atoms with van der Waals surface area (Å²) in [6.07, 6.45) is 0.296. The predicted octanol–water partition coefficient (Wildman–Crippen LogP) is 0.374. The van der Waals surface area contributed by atoms with E-state index in [2.05, 4.69) is 5.32 Å². The zero-order valence-electron chi connectivity index (χ0n) is 4.31. The summed E-state index contributed by atoms with van der Waals surface area (Å²) in [7, 11) is 0. The van der Waals surface area contributed by atoms with Crippen molar-refractivity contribution in [2.75, 3.05) is 13.2 Å². The van der Waals surface area contributed by atoms with Gasteiger partial charge in [0.05, 0.1) is 6.61 Å². The van der Waals surface area contributed by atoms with Gasteiger partial charge in [0.1, 0.15) is 6.23 Å². The minimum atomic E-state index is 0. The van der Waals surface area contributed by atoms with E-state index in [0.717, 1.165) is 13.2 Å². The van der Waals surface area contributed by atoms with Gasteiger partial charge < -0.3 is 4.74 Å². The van der Waals surface area contributed by atoms with Gasteiger partial charge in [-0.05, 0) is 6.92 Å². The third kappa shape index (κ3) is 2.12. The van der Waals surface area contributed by atoms with E-state index in [1.165, 1.54) is 0 Å². The van der Waals surface area contributed by atoms with Crippen LogP contribution in [0.3, 0.4) is 0 Å². The van der Waals surface area contributed by atoms with Crippen LogP contribution in [0.2, 0.25) is 0 Å². The van der Waals surface area contributed by atoms with E-state index >= 15 is 0 Å². The Morgan fingerprint density at radius 2 is 2.43 bits per heavy atom. The normalized spacial score (nSPS) is 29.6. The molecule has 1 fully saturated rings. The first-order chi connectivity index (χ1) is 2.89. The average Bonchev–Trinajstić information content (AvgIpc) is 1.86. The van der Waals surface area contributed by atoms with Crippen LogP contribution in [0.5, 0.6) is 0 Å². The Morgan fingerprint density at radius 3 is 2.57 bits per heavy atom. The molecule has 44 valence electrons. The largest absolute Gasteiger partial charge is 0.362 e. The van der Waals surface area contributed by atoms with E-state index in [-0.39, 0.29) is 12.4 Å². The van der Waals surface area contributed by atoms with E-state index in [9.17, 15) is 0 Å². The minimum absolute atomic E-state index is 0. The maximum atomic E-state index is 5.04. The van der Waals surface area contributed by atoms with Crippen molar-refractivity contribution in [2.45, 2.75) is 13.2 Å². The lowest BCUT2D eigenvalue weighted by molar-refractivity contribution is 0.116. The maximum Gasteiger partial charge on any atom is 0.105 e. The molecule has 0 spiro atoms. The van der Waals surface area contributed by atoms with Crippen LogP contribution in [-0.4, -0.2) is 19.4 Å². The fourth-order valence-corrected chi connectivity index (χ4v) is 0.557. The number of hydrogen-bond acceptors (Lipinski definition) is 2. The van der Waals surface area contributed by atoms with Gasteiger partial charge in [0.25, 0.3) is 0 Å². The first kappa shape index (κ1) is 7.21. The molecular formula is C4H10ClNO. The van der Waals surface area contributed by atoms with Crippen molar-refractivity contribution in [2.24, 2.45) is 0 Å². The van der Waals surface area contributed by atoms with Crippen LogP contribution < -0.4 is 5.32 Å². The molecule has 0 aliphatic carbocycles. The number of halogens is 1. The lowest BCUT2D eigenvalue weighted by Gasteiger charge is -1.96. The van der Waals surface area contributed by atoms with Gasteiger partial charge in [-0.2, -0.15) is 0 Å². The molecule has 1 aliphatic heterocycles. The Kier molecular flexibility index (Phi) is 3.34. The summed E-state index contributed by atoms with van der Waals surface area (Å²) in [5, 5.41) is 3.10. The van der Waals surface area contributed by atoms with Crippen LogP contribution in [0.1, 0.15) is 6.92 Å². The molecule has 0 radical (unpaired) electrons. The minimum Gasteiger partial charge on any atom is -0.362 e. The Balaban J connectivity index is 0.000000360. The van der Waals surface area contributed by atoms with Crippen molar-refractivity contribution in [3.05, 3.63) is 0 Å². The lowest BCUT2D eigenvalue weighted by Crippen LogP contribution is -2.17. The maximum absolute atomic E-state index is 5.04. The molecule has 0 aromatic heterocycles. The van der Waals surface area contributed by atoms with Crippen molar-refractivity contribution in [3.63, 3.8) is 0 Å². The van der Waals surface area contributed by atoms with E-state index in [1.807, 2.05) is 6.92 Å². The fraction of sp³-hybridized carbons (Fsp3) is 1.00. The predicted molar refractivity (Wildman–Crippen MR) is 30.7 cm³/mol. The molecule has 1 saturated heterocycles. The van der Waals surface area contributed by atoms with Gasteiger partial charge in [0.2, 0.25) is 0 Å². The summed E-state index contributed by atoms with van der Waals surface area (Å²) < 4.78 is 5.04. The molecule has 1 unspecified atom stereocenters. The Hall–Kier alpha value is 0.210. The second-order valence-corrected chi connectivity index (χ2v) is 1.47. The van der Waals surface area contributed by atoms with Crippen LogP contribution >= 0.6 is 12.4 Å². The van der Waals surface area contributed by atoms with Gasteiger partial charge in [-0.15, -0.1) is 12.4 Å². The topological polar surface area (TPSA) is 21.3 Å². The third-order valence-corrected chi connectivity index (χ3v) is 0.902. The van der Waals surface area contributed by atoms with Gasteiger partial charge in [0, 0.05) is 6.54 Å². The van der Waals surface area contributed by atoms with E-state index in [1.54, 1.807) is 0 Å². The summed E-state index contributed by atoms with van der Waals surface area (Å²) in [5.74, 6) is 0. The average molecular weight is 124 g/mol. The zero-order chi connectivity index (χ0) is 4.41. The highest BCUT2D eigenvalue weighted by atomic mass is 35.5. The van der Waals surface area contributed by atoms with Crippen LogP contribution in [0, 0.1) is 0 Å². The molecule has 7 heavy (non-hydrogen) atoms. The van der Waals surface area contributed by atoms with Crippen molar-refractivity contribution in [1.82, 2.24) is 5.32 Å².